The van der Waals surface area contributed by atoms with Gasteiger partial charge in [-0.3, -0.25) is 9.69 Å². The van der Waals surface area contributed by atoms with Gasteiger partial charge in [0.1, 0.15) is 6.61 Å². The Morgan fingerprint density at radius 1 is 1.28 bits per heavy atom. The van der Waals surface area contributed by atoms with Gasteiger partial charge in [0, 0.05) is 25.6 Å². The van der Waals surface area contributed by atoms with E-state index in [0.717, 1.165) is 25.9 Å². The fourth-order valence-electron chi connectivity index (χ4n) is 3.02. The lowest BCUT2D eigenvalue weighted by atomic mass is 9.96. The number of nitrogens with zero attached hydrogens (tertiary/aromatic N) is 2. The van der Waals surface area contributed by atoms with Crippen molar-refractivity contribution in [1.29, 1.82) is 0 Å². The van der Waals surface area contributed by atoms with Gasteiger partial charge < -0.3 is 15.0 Å². The van der Waals surface area contributed by atoms with E-state index >= 15 is 0 Å². The Morgan fingerprint density at radius 3 is 2.83 bits per heavy atom. The number of hydrogen-bond acceptors (Lipinski definition) is 4. The van der Waals surface area contributed by atoms with Gasteiger partial charge in [0.05, 0.1) is 6.04 Å². The number of amides is 2. The molecule has 3 rings (SSSR count). The second kappa shape index (κ2) is 4.76. The Labute approximate surface area is 106 Å². The maximum absolute atomic E-state index is 12.4. The minimum atomic E-state index is -0.228. The maximum atomic E-state index is 12.4. The highest BCUT2D eigenvalue weighted by atomic mass is 16.6. The lowest BCUT2D eigenvalue weighted by Crippen LogP contribution is -2.55. The third-order valence-corrected chi connectivity index (χ3v) is 4.12. The molecule has 1 N–H and O–H groups in total. The van der Waals surface area contributed by atoms with E-state index in [-0.39, 0.29) is 24.0 Å². The summed E-state index contributed by atoms with van der Waals surface area (Å²) in [5, 5.41) is 3.27. The molecule has 0 radical (unpaired) electrons. The molecular formula is C12H19N3O3. The van der Waals surface area contributed by atoms with Gasteiger partial charge >= 0.3 is 6.09 Å². The van der Waals surface area contributed by atoms with E-state index in [1.54, 1.807) is 4.90 Å². The van der Waals surface area contributed by atoms with Crippen molar-refractivity contribution >= 4 is 12.0 Å². The van der Waals surface area contributed by atoms with Crippen LogP contribution in [0, 0.1) is 5.92 Å². The van der Waals surface area contributed by atoms with Gasteiger partial charge in [0.15, 0.2) is 0 Å². The standard InChI is InChI=1S/C12H19N3O3/c16-11(9-1-3-13-4-2-9)14-5-6-15-10(7-14)8-18-12(15)17/h9-10,13H,1-8H2. The first-order valence-electron chi connectivity index (χ1n) is 6.68. The highest BCUT2D eigenvalue weighted by molar-refractivity contribution is 5.79. The monoisotopic (exact) mass is 253 g/mol. The van der Waals surface area contributed by atoms with E-state index in [9.17, 15) is 9.59 Å². The van der Waals surface area contributed by atoms with Gasteiger partial charge in [-0.15, -0.1) is 0 Å². The van der Waals surface area contributed by atoms with Gasteiger partial charge in [0.2, 0.25) is 5.91 Å². The van der Waals surface area contributed by atoms with Crippen LogP contribution in [0.4, 0.5) is 4.79 Å². The fourth-order valence-corrected chi connectivity index (χ4v) is 3.02. The zero-order valence-electron chi connectivity index (χ0n) is 10.4. The number of ether oxygens (including phenoxy) is 1. The molecule has 0 bridgehead atoms. The number of nitrogens with one attached hydrogen (secondary N) is 1. The van der Waals surface area contributed by atoms with E-state index in [0.29, 0.717) is 26.2 Å². The number of rotatable bonds is 1. The highest BCUT2D eigenvalue weighted by Gasteiger charge is 2.39. The van der Waals surface area contributed by atoms with E-state index in [2.05, 4.69) is 5.32 Å². The lowest BCUT2D eigenvalue weighted by Gasteiger charge is -2.37. The summed E-state index contributed by atoms with van der Waals surface area (Å²) in [6.45, 7) is 4.18. The SMILES string of the molecule is O=C(C1CCNCC1)N1CCN2C(=O)OCC2C1. The largest absolute Gasteiger partial charge is 0.447 e. The molecule has 0 aromatic rings. The van der Waals surface area contributed by atoms with Crippen LogP contribution in [-0.4, -0.2) is 67.2 Å². The molecule has 3 aliphatic rings. The zero-order chi connectivity index (χ0) is 12.5. The smallest absolute Gasteiger partial charge is 0.410 e. The summed E-state index contributed by atoms with van der Waals surface area (Å²) in [4.78, 5) is 27.4. The first-order chi connectivity index (χ1) is 8.75. The Morgan fingerprint density at radius 2 is 2.06 bits per heavy atom. The molecule has 0 saturated carbocycles. The molecule has 1 unspecified atom stereocenters. The molecule has 18 heavy (non-hydrogen) atoms. The van der Waals surface area contributed by atoms with Gasteiger partial charge in [-0.25, -0.2) is 4.79 Å². The molecule has 100 valence electrons. The van der Waals surface area contributed by atoms with Crippen LogP contribution in [0.3, 0.4) is 0 Å². The van der Waals surface area contributed by atoms with E-state index in [1.807, 2.05) is 4.90 Å². The Hall–Kier alpha value is -1.30. The second-order valence-electron chi connectivity index (χ2n) is 5.23. The van der Waals surface area contributed by atoms with Gasteiger partial charge in [-0.1, -0.05) is 0 Å². The van der Waals surface area contributed by atoms with Crippen LogP contribution in [0.5, 0.6) is 0 Å². The number of piperidine rings is 1. The van der Waals surface area contributed by atoms with Crippen molar-refractivity contribution in [3.05, 3.63) is 0 Å². The number of fused-ring (bicyclic) bond motifs is 1. The summed E-state index contributed by atoms with van der Waals surface area (Å²) in [7, 11) is 0. The van der Waals surface area contributed by atoms with Gasteiger partial charge in [-0.2, -0.15) is 0 Å². The average molecular weight is 253 g/mol. The molecule has 1 atom stereocenters. The molecule has 3 saturated heterocycles. The maximum Gasteiger partial charge on any atom is 0.410 e. The van der Waals surface area contributed by atoms with Crippen molar-refractivity contribution in [2.24, 2.45) is 5.92 Å². The molecule has 6 nitrogen and oxygen atoms in total. The number of hydrogen-bond donors (Lipinski definition) is 1. The van der Waals surface area contributed by atoms with E-state index in [1.165, 1.54) is 0 Å². The third-order valence-electron chi connectivity index (χ3n) is 4.12. The minimum Gasteiger partial charge on any atom is -0.447 e. The molecule has 3 aliphatic heterocycles. The topological polar surface area (TPSA) is 61.9 Å². The van der Waals surface area contributed by atoms with Crippen LogP contribution in [0.2, 0.25) is 0 Å². The van der Waals surface area contributed by atoms with Crippen molar-refractivity contribution in [3.8, 4) is 0 Å². The normalized spacial score (nSPS) is 29.1. The van der Waals surface area contributed by atoms with Crippen LogP contribution in [0.15, 0.2) is 0 Å². The third kappa shape index (κ3) is 2.05. The predicted octanol–water partition coefficient (Wildman–Crippen LogP) is -0.351. The molecular weight excluding hydrogens is 234 g/mol. The van der Waals surface area contributed by atoms with Crippen molar-refractivity contribution in [3.63, 3.8) is 0 Å². The van der Waals surface area contributed by atoms with Crippen LogP contribution in [-0.2, 0) is 9.53 Å². The predicted molar refractivity (Wildman–Crippen MR) is 64.0 cm³/mol. The van der Waals surface area contributed by atoms with Crippen LogP contribution >= 0.6 is 0 Å². The van der Waals surface area contributed by atoms with Crippen molar-refractivity contribution < 1.29 is 14.3 Å². The van der Waals surface area contributed by atoms with Crippen molar-refractivity contribution in [1.82, 2.24) is 15.1 Å². The quantitative estimate of drug-likeness (QED) is 0.694. The highest BCUT2D eigenvalue weighted by Crippen LogP contribution is 2.21. The lowest BCUT2D eigenvalue weighted by molar-refractivity contribution is -0.138. The van der Waals surface area contributed by atoms with E-state index < -0.39 is 0 Å². The van der Waals surface area contributed by atoms with Crippen LogP contribution in [0.25, 0.3) is 0 Å². The van der Waals surface area contributed by atoms with Crippen LogP contribution in [0.1, 0.15) is 12.8 Å². The summed E-state index contributed by atoms with van der Waals surface area (Å²) < 4.78 is 5.01. The fraction of sp³-hybridized carbons (Fsp3) is 0.833. The molecule has 0 aromatic heterocycles. The average Bonchev–Trinajstić information content (AvgIpc) is 2.80. The molecule has 0 spiro atoms. The summed E-state index contributed by atoms with van der Waals surface area (Å²) >= 11 is 0. The Bertz CT molecular complexity index is 354. The molecule has 3 heterocycles. The van der Waals surface area contributed by atoms with Gasteiger partial charge in [-0.05, 0) is 25.9 Å². The van der Waals surface area contributed by atoms with Gasteiger partial charge in [0.25, 0.3) is 0 Å². The first kappa shape index (κ1) is 11.8. The number of carbonyl (C=O) groups is 2. The van der Waals surface area contributed by atoms with Crippen molar-refractivity contribution in [2.45, 2.75) is 18.9 Å². The van der Waals surface area contributed by atoms with Crippen LogP contribution < -0.4 is 5.32 Å². The molecule has 3 fully saturated rings. The number of cyclic esters (lactones) is 1. The molecule has 0 aliphatic carbocycles. The van der Waals surface area contributed by atoms with Crippen molar-refractivity contribution in [2.75, 3.05) is 39.3 Å². The summed E-state index contributed by atoms with van der Waals surface area (Å²) in [6.07, 6.45) is 1.63. The summed E-state index contributed by atoms with van der Waals surface area (Å²) in [5.74, 6) is 0.423. The summed E-state index contributed by atoms with van der Waals surface area (Å²) in [6, 6.07) is 0.0666. The molecule has 2 amide bonds. The minimum absolute atomic E-state index is 0.0666. The second-order valence-corrected chi connectivity index (χ2v) is 5.23. The molecule has 6 heteroatoms. The Kier molecular flexibility index (Phi) is 3.11. The first-order valence-corrected chi connectivity index (χ1v) is 6.68. The number of piperazine rings is 1. The van der Waals surface area contributed by atoms with E-state index in [4.69, 9.17) is 4.74 Å². The number of carbonyl (C=O) groups excluding carboxylic acids is 2. The Balaban J connectivity index is 1.60. The zero-order valence-corrected chi connectivity index (χ0v) is 10.4. The molecule has 0 aromatic carbocycles. The summed E-state index contributed by atoms with van der Waals surface area (Å²) in [5.41, 5.74) is 0.